The number of nitrogens with one attached hydrogen (secondary N) is 1. The largest absolute Gasteiger partial charge is 0.417 e. The molecule has 0 unspecified atom stereocenters. The van der Waals surface area contributed by atoms with Crippen molar-refractivity contribution in [3.8, 4) is 11.1 Å². The summed E-state index contributed by atoms with van der Waals surface area (Å²) >= 11 is 0. The molecule has 4 rings (SSSR count). The van der Waals surface area contributed by atoms with E-state index >= 15 is 0 Å². The van der Waals surface area contributed by atoms with Crippen LogP contribution in [0.25, 0.3) is 27.7 Å². The standard InChI is InChI=1S/C21H20F3N5O.ClH/c1-28-12-27-16-10-14(15(11-19(16)28)21(22,23)24)13-4-2-9-29-17(13)5-6-18(29)20(30)26-8-3-7-25;/h2,4-6,9-12H,3,7-8,25H2,1H3,(H,26,30);1H. The van der Waals surface area contributed by atoms with E-state index < -0.39 is 11.7 Å². The van der Waals surface area contributed by atoms with Gasteiger partial charge in [0.25, 0.3) is 5.91 Å². The van der Waals surface area contributed by atoms with Gasteiger partial charge in [-0.1, -0.05) is 6.07 Å². The molecule has 3 aromatic heterocycles. The second-order valence-electron chi connectivity index (χ2n) is 7.03. The summed E-state index contributed by atoms with van der Waals surface area (Å²) in [6.45, 7) is 0.881. The van der Waals surface area contributed by atoms with Gasteiger partial charge in [-0.2, -0.15) is 13.2 Å². The van der Waals surface area contributed by atoms with Crippen LogP contribution in [0.3, 0.4) is 0 Å². The number of benzene rings is 1. The molecule has 6 nitrogen and oxygen atoms in total. The van der Waals surface area contributed by atoms with Crippen LogP contribution in [0, 0.1) is 0 Å². The third kappa shape index (κ3) is 4.11. The molecule has 0 atom stereocenters. The van der Waals surface area contributed by atoms with Crippen molar-refractivity contribution in [3.63, 3.8) is 0 Å². The van der Waals surface area contributed by atoms with E-state index in [0.29, 0.717) is 47.3 Å². The van der Waals surface area contributed by atoms with Crippen molar-refractivity contribution in [1.82, 2.24) is 19.3 Å². The third-order valence-electron chi connectivity index (χ3n) is 5.05. The maximum atomic E-state index is 13.9. The maximum absolute atomic E-state index is 13.9. The second-order valence-corrected chi connectivity index (χ2v) is 7.03. The minimum absolute atomic E-state index is 0. The van der Waals surface area contributed by atoms with Crippen molar-refractivity contribution in [2.75, 3.05) is 13.1 Å². The van der Waals surface area contributed by atoms with Gasteiger partial charge < -0.3 is 20.0 Å². The van der Waals surface area contributed by atoms with Crippen LogP contribution < -0.4 is 11.1 Å². The number of amides is 1. The fourth-order valence-corrected chi connectivity index (χ4v) is 3.58. The monoisotopic (exact) mass is 451 g/mol. The van der Waals surface area contributed by atoms with Gasteiger partial charge in [-0.15, -0.1) is 12.4 Å². The van der Waals surface area contributed by atoms with Crippen molar-refractivity contribution in [2.24, 2.45) is 12.8 Å². The molecule has 0 spiro atoms. The van der Waals surface area contributed by atoms with Crippen LogP contribution in [0.5, 0.6) is 0 Å². The average molecular weight is 452 g/mol. The molecule has 0 aliphatic carbocycles. The lowest BCUT2D eigenvalue weighted by Crippen LogP contribution is -2.27. The highest BCUT2D eigenvalue weighted by atomic mass is 35.5. The fourth-order valence-electron chi connectivity index (χ4n) is 3.58. The van der Waals surface area contributed by atoms with Crippen LogP contribution in [-0.2, 0) is 13.2 Å². The van der Waals surface area contributed by atoms with Gasteiger partial charge in [0.15, 0.2) is 0 Å². The smallest absolute Gasteiger partial charge is 0.351 e. The summed E-state index contributed by atoms with van der Waals surface area (Å²) < 4.78 is 44.8. The number of carbonyl (C=O) groups excluding carboxylic acids is 1. The molecule has 4 aromatic rings. The normalized spacial score (nSPS) is 11.6. The number of nitrogens with two attached hydrogens (primary N) is 1. The SMILES string of the molecule is Cl.Cn1cnc2cc(-c3cccn4c(C(=O)NCCCN)ccc34)c(C(F)(F)F)cc21. The molecule has 0 saturated carbocycles. The highest BCUT2D eigenvalue weighted by Crippen LogP contribution is 2.40. The minimum Gasteiger partial charge on any atom is -0.351 e. The number of hydrogen-bond donors (Lipinski definition) is 2. The summed E-state index contributed by atoms with van der Waals surface area (Å²) in [6, 6.07) is 9.05. The molecule has 0 radical (unpaired) electrons. The Kier molecular flexibility index (Phi) is 6.28. The summed E-state index contributed by atoms with van der Waals surface area (Å²) in [4.78, 5) is 16.7. The van der Waals surface area contributed by atoms with Gasteiger partial charge in [0.05, 0.1) is 28.4 Å². The van der Waals surface area contributed by atoms with Gasteiger partial charge in [-0.3, -0.25) is 4.79 Å². The molecule has 10 heteroatoms. The molecule has 1 aromatic carbocycles. The first kappa shape index (κ1) is 22.6. The molecule has 0 fully saturated rings. The van der Waals surface area contributed by atoms with E-state index in [9.17, 15) is 18.0 Å². The first-order valence-electron chi connectivity index (χ1n) is 9.42. The number of hydrogen-bond acceptors (Lipinski definition) is 3. The Bertz CT molecular complexity index is 1250. The molecule has 0 bridgehead atoms. The molecular formula is C21H21ClF3N5O. The molecule has 164 valence electrons. The lowest BCUT2D eigenvalue weighted by atomic mass is 9.98. The van der Waals surface area contributed by atoms with E-state index in [-0.39, 0.29) is 23.9 Å². The molecule has 31 heavy (non-hydrogen) atoms. The summed E-state index contributed by atoms with van der Waals surface area (Å²) in [5.41, 5.74) is 6.80. The second kappa shape index (κ2) is 8.60. The van der Waals surface area contributed by atoms with Gasteiger partial charge in [0.1, 0.15) is 5.69 Å². The van der Waals surface area contributed by atoms with Crippen molar-refractivity contribution < 1.29 is 18.0 Å². The summed E-state index contributed by atoms with van der Waals surface area (Å²) in [5, 5.41) is 2.77. The Labute approximate surface area is 182 Å². The van der Waals surface area contributed by atoms with E-state index in [2.05, 4.69) is 10.3 Å². The van der Waals surface area contributed by atoms with Crippen LogP contribution >= 0.6 is 12.4 Å². The zero-order chi connectivity index (χ0) is 21.5. The molecule has 1 amide bonds. The van der Waals surface area contributed by atoms with Crippen LogP contribution in [0.4, 0.5) is 13.2 Å². The van der Waals surface area contributed by atoms with Gasteiger partial charge in [0, 0.05) is 25.4 Å². The first-order valence-corrected chi connectivity index (χ1v) is 9.42. The number of halogens is 4. The Morgan fingerprint density at radius 1 is 1.16 bits per heavy atom. The molecule has 0 aliphatic heterocycles. The van der Waals surface area contributed by atoms with Crippen molar-refractivity contribution >= 4 is 34.9 Å². The highest BCUT2D eigenvalue weighted by Gasteiger charge is 2.35. The Balaban J connectivity index is 0.00000272. The molecule has 3 heterocycles. The average Bonchev–Trinajstić information content (AvgIpc) is 3.30. The Morgan fingerprint density at radius 2 is 1.94 bits per heavy atom. The van der Waals surface area contributed by atoms with E-state index in [4.69, 9.17) is 5.73 Å². The van der Waals surface area contributed by atoms with E-state index in [1.54, 1.807) is 46.5 Å². The zero-order valence-corrected chi connectivity index (χ0v) is 17.4. The van der Waals surface area contributed by atoms with Crippen LogP contribution in [-0.4, -0.2) is 32.9 Å². The number of rotatable bonds is 5. The zero-order valence-electron chi connectivity index (χ0n) is 16.6. The molecule has 0 aliphatic rings. The van der Waals surface area contributed by atoms with Gasteiger partial charge in [-0.25, -0.2) is 4.98 Å². The van der Waals surface area contributed by atoms with E-state index in [1.807, 2.05) is 0 Å². The van der Waals surface area contributed by atoms with Crippen molar-refractivity contribution in [1.29, 1.82) is 0 Å². The van der Waals surface area contributed by atoms with Crippen LogP contribution in [0.2, 0.25) is 0 Å². The molecule has 0 saturated heterocycles. The number of alkyl halides is 3. The first-order chi connectivity index (χ1) is 14.3. The third-order valence-corrected chi connectivity index (χ3v) is 5.05. The quantitative estimate of drug-likeness (QED) is 0.450. The Morgan fingerprint density at radius 3 is 2.65 bits per heavy atom. The number of nitrogens with zero attached hydrogens (tertiary/aromatic N) is 3. The highest BCUT2D eigenvalue weighted by molar-refractivity contribution is 5.96. The fraction of sp³-hybridized carbons (Fsp3) is 0.238. The van der Waals surface area contributed by atoms with Crippen LogP contribution in [0.1, 0.15) is 22.5 Å². The number of pyridine rings is 1. The Hall–Kier alpha value is -3.04. The van der Waals surface area contributed by atoms with Crippen LogP contribution in [0.15, 0.2) is 48.9 Å². The number of fused-ring (bicyclic) bond motifs is 2. The molecule has 3 N–H and O–H groups in total. The van der Waals surface area contributed by atoms with Crippen molar-refractivity contribution in [2.45, 2.75) is 12.6 Å². The number of aryl methyl sites for hydroxylation is 1. The summed E-state index contributed by atoms with van der Waals surface area (Å²) in [7, 11) is 1.65. The lowest BCUT2D eigenvalue weighted by molar-refractivity contribution is -0.137. The molecular weight excluding hydrogens is 431 g/mol. The lowest BCUT2D eigenvalue weighted by Gasteiger charge is -2.15. The van der Waals surface area contributed by atoms with Gasteiger partial charge >= 0.3 is 6.18 Å². The summed E-state index contributed by atoms with van der Waals surface area (Å²) in [5.74, 6) is -0.308. The van der Waals surface area contributed by atoms with E-state index in [1.165, 1.54) is 12.4 Å². The predicted octanol–water partition coefficient (Wildman–Crippen LogP) is 4.01. The number of imidazole rings is 1. The maximum Gasteiger partial charge on any atom is 0.417 e. The van der Waals surface area contributed by atoms with Gasteiger partial charge in [0.2, 0.25) is 0 Å². The van der Waals surface area contributed by atoms with E-state index in [0.717, 1.165) is 6.07 Å². The minimum atomic E-state index is -4.55. The number of aromatic nitrogens is 3. The number of carbonyl (C=O) groups is 1. The van der Waals surface area contributed by atoms with Crippen molar-refractivity contribution in [3.05, 3.63) is 60.2 Å². The topological polar surface area (TPSA) is 77.3 Å². The van der Waals surface area contributed by atoms with Gasteiger partial charge in [-0.05, 0) is 48.9 Å². The predicted molar refractivity (Wildman–Crippen MR) is 115 cm³/mol. The summed E-state index contributed by atoms with van der Waals surface area (Å²) in [6.07, 6.45) is -0.769.